The van der Waals surface area contributed by atoms with E-state index >= 15 is 0 Å². The van der Waals surface area contributed by atoms with Crippen LogP contribution in [0.2, 0.25) is 5.02 Å². The van der Waals surface area contributed by atoms with E-state index in [2.05, 4.69) is 53.2 Å². The molecule has 0 bridgehead atoms. The van der Waals surface area contributed by atoms with Gasteiger partial charge >= 0.3 is 0 Å². The minimum Gasteiger partial charge on any atom is -0.340 e. The molecule has 0 unspecified atom stereocenters. The van der Waals surface area contributed by atoms with Crippen molar-refractivity contribution in [3.63, 3.8) is 0 Å². The van der Waals surface area contributed by atoms with Crippen molar-refractivity contribution in [2.75, 3.05) is 0 Å². The van der Waals surface area contributed by atoms with Crippen LogP contribution in [-0.2, 0) is 13.1 Å². The molecule has 1 saturated carbocycles. The highest BCUT2D eigenvalue weighted by atomic mass is 35.5. The van der Waals surface area contributed by atoms with Gasteiger partial charge in [0.1, 0.15) is 0 Å². The van der Waals surface area contributed by atoms with Gasteiger partial charge in [0, 0.05) is 40.8 Å². The fourth-order valence-corrected chi connectivity index (χ4v) is 4.65. The van der Waals surface area contributed by atoms with Gasteiger partial charge in [0.05, 0.1) is 0 Å². The van der Waals surface area contributed by atoms with E-state index in [0.717, 1.165) is 18.1 Å². The van der Waals surface area contributed by atoms with E-state index in [-0.39, 0.29) is 12.4 Å². The minimum absolute atomic E-state index is 0. The zero-order valence-electron chi connectivity index (χ0n) is 16.6. The van der Waals surface area contributed by atoms with Crippen LogP contribution in [0, 0.1) is 6.92 Å². The van der Waals surface area contributed by atoms with Crippen LogP contribution in [0.3, 0.4) is 0 Å². The summed E-state index contributed by atoms with van der Waals surface area (Å²) in [6.45, 7) is 4.02. The lowest BCUT2D eigenvalue weighted by atomic mass is 10.1. The summed E-state index contributed by atoms with van der Waals surface area (Å²) in [6, 6.07) is 17.6. The molecular weight excluding hydrogens is 387 g/mol. The molecule has 2 nitrogen and oxygen atoms in total. The van der Waals surface area contributed by atoms with E-state index in [1.165, 1.54) is 66.2 Å². The molecule has 1 aliphatic rings. The maximum Gasteiger partial charge on any atom is 0.0493 e. The van der Waals surface area contributed by atoms with E-state index in [4.69, 9.17) is 11.6 Å². The average molecular weight is 417 g/mol. The number of hydrogen-bond acceptors (Lipinski definition) is 1. The Morgan fingerprint density at radius 2 is 1.64 bits per heavy atom. The fourth-order valence-electron chi connectivity index (χ4n) is 4.46. The van der Waals surface area contributed by atoms with Gasteiger partial charge < -0.3 is 9.88 Å². The molecule has 0 atom stereocenters. The standard InChI is InChI=1S/C24H29ClN2.ClH/c1-18-22(16-26-20-11-4-2-3-5-12-20)21-13-7-9-15-24(21)27(18)17-19-10-6-8-14-23(19)25;/h6-10,13-15,20,26H,2-5,11-12,16-17H2,1H3;1H. The number of nitrogens with zero attached hydrogens (tertiary/aromatic N) is 1. The first kappa shape index (κ1) is 21.2. The van der Waals surface area contributed by atoms with Gasteiger partial charge in [-0.1, -0.05) is 73.7 Å². The van der Waals surface area contributed by atoms with Crippen LogP contribution in [0.4, 0.5) is 0 Å². The second-order valence-electron chi connectivity index (χ2n) is 7.83. The first-order chi connectivity index (χ1) is 13.2. The molecule has 0 aliphatic heterocycles. The summed E-state index contributed by atoms with van der Waals surface area (Å²) in [7, 11) is 0. The van der Waals surface area contributed by atoms with Gasteiger partial charge in [-0.05, 0) is 43.0 Å². The van der Waals surface area contributed by atoms with Gasteiger partial charge in [-0.3, -0.25) is 0 Å². The molecule has 1 aliphatic carbocycles. The molecule has 4 rings (SSSR count). The monoisotopic (exact) mass is 416 g/mol. The molecule has 1 aromatic heterocycles. The third kappa shape index (κ3) is 4.56. The highest BCUT2D eigenvalue weighted by Crippen LogP contribution is 2.28. The number of para-hydroxylation sites is 1. The van der Waals surface area contributed by atoms with Crippen LogP contribution in [0.15, 0.2) is 48.5 Å². The lowest BCUT2D eigenvalue weighted by Gasteiger charge is -2.16. The molecule has 0 spiro atoms. The first-order valence-corrected chi connectivity index (χ1v) is 10.7. The second-order valence-corrected chi connectivity index (χ2v) is 8.24. The predicted octanol–water partition coefficient (Wildman–Crippen LogP) is 6.89. The van der Waals surface area contributed by atoms with E-state index in [1.807, 2.05) is 12.1 Å². The smallest absolute Gasteiger partial charge is 0.0493 e. The van der Waals surface area contributed by atoms with Crippen molar-refractivity contribution in [3.05, 3.63) is 70.4 Å². The van der Waals surface area contributed by atoms with Crippen LogP contribution in [-0.4, -0.2) is 10.6 Å². The number of benzene rings is 2. The number of halogens is 2. The van der Waals surface area contributed by atoms with E-state index in [9.17, 15) is 0 Å². The minimum atomic E-state index is 0. The number of aromatic nitrogens is 1. The van der Waals surface area contributed by atoms with E-state index in [0.29, 0.717) is 6.04 Å². The Kier molecular flexibility index (Phi) is 7.45. The average Bonchev–Trinajstić information content (AvgIpc) is 2.85. The van der Waals surface area contributed by atoms with E-state index < -0.39 is 0 Å². The maximum atomic E-state index is 6.44. The molecule has 3 aromatic rings. The summed E-state index contributed by atoms with van der Waals surface area (Å²) >= 11 is 6.44. The molecule has 1 N–H and O–H groups in total. The summed E-state index contributed by atoms with van der Waals surface area (Å²) < 4.78 is 2.42. The van der Waals surface area contributed by atoms with Crippen LogP contribution in [0.25, 0.3) is 10.9 Å². The molecule has 1 fully saturated rings. The third-order valence-electron chi connectivity index (χ3n) is 6.07. The highest BCUT2D eigenvalue weighted by molar-refractivity contribution is 6.31. The van der Waals surface area contributed by atoms with Crippen LogP contribution >= 0.6 is 24.0 Å². The van der Waals surface area contributed by atoms with Crippen LogP contribution in [0.5, 0.6) is 0 Å². The van der Waals surface area contributed by atoms with Gasteiger partial charge in [-0.2, -0.15) is 0 Å². The van der Waals surface area contributed by atoms with Crippen LogP contribution in [0.1, 0.15) is 55.3 Å². The first-order valence-electron chi connectivity index (χ1n) is 10.3. The molecule has 0 amide bonds. The van der Waals surface area contributed by atoms with Gasteiger partial charge in [-0.15, -0.1) is 12.4 Å². The molecule has 4 heteroatoms. The molecule has 2 aromatic carbocycles. The normalized spacial score (nSPS) is 15.4. The highest BCUT2D eigenvalue weighted by Gasteiger charge is 2.17. The fraction of sp³-hybridized carbons (Fsp3) is 0.417. The lowest BCUT2D eigenvalue weighted by molar-refractivity contribution is 0.459. The van der Waals surface area contributed by atoms with Crippen molar-refractivity contribution < 1.29 is 0 Å². The number of hydrogen-bond donors (Lipinski definition) is 1. The summed E-state index contributed by atoms with van der Waals surface area (Å²) in [5, 5.41) is 6.06. The van der Waals surface area contributed by atoms with Gasteiger partial charge in [0.25, 0.3) is 0 Å². The molecule has 150 valence electrons. The Labute approximate surface area is 179 Å². The van der Waals surface area contributed by atoms with Crippen molar-refractivity contribution in [2.24, 2.45) is 0 Å². The predicted molar refractivity (Wildman–Crippen MR) is 123 cm³/mol. The van der Waals surface area contributed by atoms with Crippen molar-refractivity contribution in [3.8, 4) is 0 Å². The van der Waals surface area contributed by atoms with Crippen molar-refractivity contribution in [1.82, 2.24) is 9.88 Å². The molecular formula is C24H30Cl2N2. The Balaban J connectivity index is 0.00000225. The quantitative estimate of drug-likeness (QED) is 0.448. The maximum absolute atomic E-state index is 6.44. The Hall–Kier alpha value is -1.48. The second kappa shape index (κ2) is 9.82. The molecule has 28 heavy (non-hydrogen) atoms. The summed E-state index contributed by atoms with van der Waals surface area (Å²) in [4.78, 5) is 0. The van der Waals surface area contributed by atoms with Gasteiger partial charge in [0.15, 0.2) is 0 Å². The summed E-state index contributed by atoms with van der Waals surface area (Å²) in [5.74, 6) is 0. The SMILES string of the molecule is Cc1c(CNC2CCCCCC2)c2ccccc2n1Cc1ccccc1Cl.Cl. The van der Waals surface area contributed by atoms with Crippen molar-refractivity contribution in [1.29, 1.82) is 0 Å². The molecule has 1 heterocycles. The van der Waals surface area contributed by atoms with Gasteiger partial charge in [0.2, 0.25) is 0 Å². The number of nitrogens with one attached hydrogen (secondary N) is 1. The topological polar surface area (TPSA) is 17.0 Å². The number of rotatable bonds is 5. The Morgan fingerprint density at radius 1 is 0.964 bits per heavy atom. The van der Waals surface area contributed by atoms with Crippen molar-refractivity contribution in [2.45, 2.75) is 64.6 Å². The Bertz CT molecular complexity index is 908. The number of fused-ring (bicyclic) bond motifs is 1. The summed E-state index contributed by atoms with van der Waals surface area (Å²) in [6.07, 6.45) is 8.16. The van der Waals surface area contributed by atoms with Gasteiger partial charge in [-0.25, -0.2) is 0 Å². The molecule has 0 saturated heterocycles. The third-order valence-corrected chi connectivity index (χ3v) is 6.44. The van der Waals surface area contributed by atoms with Crippen LogP contribution < -0.4 is 5.32 Å². The Morgan fingerprint density at radius 3 is 2.39 bits per heavy atom. The summed E-state index contributed by atoms with van der Waals surface area (Å²) in [5.41, 5.74) is 5.25. The molecule has 0 radical (unpaired) electrons. The zero-order valence-corrected chi connectivity index (χ0v) is 18.2. The van der Waals surface area contributed by atoms with E-state index in [1.54, 1.807) is 0 Å². The lowest BCUT2D eigenvalue weighted by Crippen LogP contribution is -2.28. The van der Waals surface area contributed by atoms with Crippen molar-refractivity contribution >= 4 is 34.9 Å². The zero-order chi connectivity index (χ0) is 18.6. The largest absolute Gasteiger partial charge is 0.340 e.